The van der Waals surface area contributed by atoms with Gasteiger partial charge in [0.15, 0.2) is 9.84 Å². The van der Waals surface area contributed by atoms with Gasteiger partial charge in [-0.2, -0.15) is 0 Å². The van der Waals surface area contributed by atoms with Crippen molar-refractivity contribution in [1.82, 2.24) is 0 Å². The molecule has 0 bridgehead atoms. The van der Waals surface area contributed by atoms with Gasteiger partial charge in [0, 0.05) is 10.2 Å². The molecule has 7 heteroatoms. The summed E-state index contributed by atoms with van der Waals surface area (Å²) >= 11 is 3.35. The Morgan fingerprint density at radius 3 is 2.41 bits per heavy atom. The Balaban J connectivity index is 2.10. The van der Waals surface area contributed by atoms with Crippen molar-refractivity contribution >= 4 is 37.4 Å². The van der Waals surface area contributed by atoms with Gasteiger partial charge in [-0.05, 0) is 55.0 Å². The van der Waals surface area contributed by atoms with Gasteiger partial charge < -0.3 is 10.4 Å². The number of aryl methyl sites for hydroxylation is 1. The van der Waals surface area contributed by atoms with Gasteiger partial charge in [0.1, 0.15) is 11.5 Å². The van der Waals surface area contributed by atoms with Crippen LogP contribution in [0.1, 0.15) is 5.56 Å². The molecule has 1 amide bonds. The molecule has 2 N–H and O–H groups in total. The fourth-order valence-electron chi connectivity index (χ4n) is 1.83. The Labute approximate surface area is 137 Å². The zero-order valence-corrected chi connectivity index (χ0v) is 14.1. The molecule has 0 saturated heterocycles. The van der Waals surface area contributed by atoms with Crippen molar-refractivity contribution in [3.8, 4) is 5.75 Å². The van der Waals surface area contributed by atoms with Crippen LogP contribution in [0.5, 0.6) is 5.75 Å². The molecule has 0 unspecified atom stereocenters. The van der Waals surface area contributed by atoms with Crippen molar-refractivity contribution in [3.05, 3.63) is 52.5 Å². The molecule has 0 radical (unpaired) electrons. The summed E-state index contributed by atoms with van der Waals surface area (Å²) in [7, 11) is -3.75. The van der Waals surface area contributed by atoms with Crippen molar-refractivity contribution in [2.75, 3.05) is 11.1 Å². The number of hydrogen-bond donors (Lipinski definition) is 2. The van der Waals surface area contributed by atoms with E-state index in [1.54, 1.807) is 18.2 Å². The number of carbonyl (C=O) groups excluding carboxylic acids is 1. The molecule has 0 aliphatic rings. The van der Waals surface area contributed by atoms with Gasteiger partial charge in [-0.15, -0.1) is 0 Å². The Morgan fingerprint density at radius 2 is 1.82 bits per heavy atom. The average molecular weight is 384 g/mol. The first-order chi connectivity index (χ1) is 10.3. The molecule has 0 aliphatic heterocycles. The highest BCUT2D eigenvalue weighted by molar-refractivity contribution is 9.10. The molecule has 0 heterocycles. The lowest BCUT2D eigenvalue weighted by Crippen LogP contribution is -2.23. The first-order valence-electron chi connectivity index (χ1n) is 6.36. The minimum atomic E-state index is -3.75. The standard InChI is InChI=1S/C15H14BrNO4S/c1-10-8-11(2-7-14(10)16)17-15(19)9-22(20,21)13-5-3-12(18)4-6-13/h2-8,18H,9H2,1H3,(H,17,19). The lowest BCUT2D eigenvalue weighted by atomic mass is 10.2. The summed E-state index contributed by atoms with van der Waals surface area (Å²) in [4.78, 5) is 11.9. The van der Waals surface area contributed by atoms with E-state index in [9.17, 15) is 13.2 Å². The van der Waals surface area contributed by atoms with Gasteiger partial charge >= 0.3 is 0 Å². The third-order valence-electron chi connectivity index (χ3n) is 2.96. The van der Waals surface area contributed by atoms with Gasteiger partial charge in [0.05, 0.1) is 4.90 Å². The van der Waals surface area contributed by atoms with E-state index in [4.69, 9.17) is 5.11 Å². The van der Waals surface area contributed by atoms with Gasteiger partial charge in [0.2, 0.25) is 5.91 Å². The van der Waals surface area contributed by atoms with Crippen LogP contribution in [0.2, 0.25) is 0 Å². The average Bonchev–Trinajstić information content (AvgIpc) is 2.42. The van der Waals surface area contributed by atoms with E-state index < -0.39 is 21.5 Å². The number of halogens is 1. The normalized spacial score (nSPS) is 11.2. The molecule has 0 atom stereocenters. The molecule has 22 heavy (non-hydrogen) atoms. The second-order valence-electron chi connectivity index (χ2n) is 4.77. The fourth-order valence-corrected chi connectivity index (χ4v) is 3.21. The largest absolute Gasteiger partial charge is 0.508 e. The minimum absolute atomic E-state index is 0.00700. The summed E-state index contributed by atoms with van der Waals surface area (Å²) in [6.45, 7) is 1.87. The highest BCUT2D eigenvalue weighted by Gasteiger charge is 2.19. The van der Waals surface area contributed by atoms with Crippen LogP contribution >= 0.6 is 15.9 Å². The molecule has 2 aromatic rings. The topological polar surface area (TPSA) is 83.5 Å². The zero-order chi connectivity index (χ0) is 16.3. The van der Waals surface area contributed by atoms with Crippen LogP contribution in [0.3, 0.4) is 0 Å². The summed E-state index contributed by atoms with van der Waals surface area (Å²) in [5.41, 5.74) is 1.46. The summed E-state index contributed by atoms with van der Waals surface area (Å²) in [6, 6.07) is 10.3. The third-order valence-corrected chi connectivity index (χ3v) is 5.48. The number of carbonyl (C=O) groups is 1. The Kier molecular flexibility index (Phi) is 4.87. The first kappa shape index (κ1) is 16.5. The fraction of sp³-hybridized carbons (Fsp3) is 0.133. The monoisotopic (exact) mass is 383 g/mol. The van der Waals surface area contributed by atoms with E-state index in [0.29, 0.717) is 5.69 Å². The highest BCUT2D eigenvalue weighted by Crippen LogP contribution is 2.20. The van der Waals surface area contributed by atoms with Crippen LogP contribution in [0.4, 0.5) is 5.69 Å². The number of aromatic hydroxyl groups is 1. The number of phenolic OH excluding ortho intramolecular Hbond substituents is 1. The molecule has 0 saturated carbocycles. The SMILES string of the molecule is Cc1cc(NC(=O)CS(=O)(=O)c2ccc(O)cc2)ccc1Br. The van der Waals surface area contributed by atoms with Crippen LogP contribution in [-0.4, -0.2) is 25.2 Å². The number of benzene rings is 2. The van der Waals surface area contributed by atoms with E-state index in [1.165, 1.54) is 24.3 Å². The predicted octanol–water partition coefficient (Wildman–Crippen LogP) is 2.88. The molecular formula is C15H14BrNO4S. The summed E-state index contributed by atoms with van der Waals surface area (Å²) < 4.78 is 25.1. The summed E-state index contributed by atoms with van der Waals surface area (Å²) in [5.74, 6) is -1.31. The quantitative estimate of drug-likeness (QED) is 0.849. The van der Waals surface area contributed by atoms with Crippen LogP contribution in [0.25, 0.3) is 0 Å². The van der Waals surface area contributed by atoms with Crippen LogP contribution in [0.15, 0.2) is 51.8 Å². The van der Waals surface area contributed by atoms with E-state index in [0.717, 1.165) is 10.0 Å². The Bertz CT molecular complexity index is 801. The molecule has 0 aromatic heterocycles. The number of rotatable bonds is 4. The number of phenols is 1. The van der Waals surface area contributed by atoms with Crippen molar-refractivity contribution in [1.29, 1.82) is 0 Å². The number of sulfone groups is 1. The van der Waals surface area contributed by atoms with Crippen LogP contribution < -0.4 is 5.32 Å². The van der Waals surface area contributed by atoms with Gasteiger partial charge in [-0.25, -0.2) is 8.42 Å². The molecule has 0 spiro atoms. The molecule has 5 nitrogen and oxygen atoms in total. The van der Waals surface area contributed by atoms with E-state index in [2.05, 4.69) is 21.2 Å². The second-order valence-corrected chi connectivity index (χ2v) is 7.61. The van der Waals surface area contributed by atoms with Crippen molar-refractivity contribution in [2.24, 2.45) is 0 Å². The molecule has 2 rings (SSSR count). The molecule has 116 valence electrons. The predicted molar refractivity (Wildman–Crippen MR) is 87.7 cm³/mol. The minimum Gasteiger partial charge on any atom is -0.508 e. The maximum Gasteiger partial charge on any atom is 0.239 e. The molecule has 2 aromatic carbocycles. The third kappa shape index (κ3) is 4.08. The summed E-state index contributed by atoms with van der Waals surface area (Å²) in [6.07, 6.45) is 0. The highest BCUT2D eigenvalue weighted by atomic mass is 79.9. The maximum absolute atomic E-state index is 12.1. The lowest BCUT2D eigenvalue weighted by Gasteiger charge is -2.08. The number of nitrogens with one attached hydrogen (secondary N) is 1. The first-order valence-corrected chi connectivity index (χ1v) is 8.80. The Morgan fingerprint density at radius 1 is 1.18 bits per heavy atom. The lowest BCUT2D eigenvalue weighted by molar-refractivity contribution is -0.113. The van der Waals surface area contributed by atoms with E-state index in [1.807, 2.05) is 6.92 Å². The smallest absolute Gasteiger partial charge is 0.239 e. The number of anilines is 1. The molecular weight excluding hydrogens is 370 g/mol. The number of amides is 1. The summed E-state index contributed by atoms with van der Waals surface area (Å²) in [5, 5.41) is 11.7. The van der Waals surface area contributed by atoms with Gasteiger partial charge in [0.25, 0.3) is 0 Å². The molecule has 0 fully saturated rings. The molecule has 0 aliphatic carbocycles. The Hall–Kier alpha value is -1.86. The van der Waals surface area contributed by atoms with Gasteiger partial charge in [-0.1, -0.05) is 15.9 Å². The maximum atomic E-state index is 12.1. The van der Waals surface area contributed by atoms with Crippen LogP contribution in [-0.2, 0) is 14.6 Å². The zero-order valence-electron chi connectivity index (χ0n) is 11.7. The van der Waals surface area contributed by atoms with Crippen LogP contribution in [0, 0.1) is 6.92 Å². The second kappa shape index (κ2) is 6.50. The van der Waals surface area contributed by atoms with Crippen molar-refractivity contribution in [2.45, 2.75) is 11.8 Å². The number of hydrogen-bond acceptors (Lipinski definition) is 4. The van der Waals surface area contributed by atoms with Crippen molar-refractivity contribution in [3.63, 3.8) is 0 Å². The van der Waals surface area contributed by atoms with E-state index in [-0.39, 0.29) is 10.6 Å². The van der Waals surface area contributed by atoms with E-state index >= 15 is 0 Å². The van der Waals surface area contributed by atoms with Crippen molar-refractivity contribution < 1.29 is 18.3 Å². The van der Waals surface area contributed by atoms with Gasteiger partial charge in [-0.3, -0.25) is 4.79 Å².